The smallest absolute Gasteiger partial charge is 0.230 e. The second kappa shape index (κ2) is 4.34. The van der Waals surface area contributed by atoms with Gasteiger partial charge < -0.3 is 15.7 Å². The number of amides is 1. The van der Waals surface area contributed by atoms with Crippen molar-refractivity contribution in [1.82, 2.24) is 4.90 Å². The van der Waals surface area contributed by atoms with Crippen molar-refractivity contribution in [2.75, 3.05) is 13.1 Å². The highest BCUT2D eigenvalue weighted by Crippen LogP contribution is 2.31. The van der Waals surface area contributed by atoms with Crippen LogP contribution < -0.4 is 5.73 Å². The van der Waals surface area contributed by atoms with Gasteiger partial charge in [-0.3, -0.25) is 4.79 Å². The molecule has 0 aromatic heterocycles. The van der Waals surface area contributed by atoms with Crippen LogP contribution in [0.2, 0.25) is 0 Å². The molecule has 1 fully saturated rings. The third-order valence-corrected chi connectivity index (χ3v) is 3.90. The van der Waals surface area contributed by atoms with Gasteiger partial charge in [0, 0.05) is 18.6 Å². The highest BCUT2D eigenvalue weighted by Gasteiger charge is 2.43. The highest BCUT2D eigenvalue weighted by molar-refractivity contribution is 5.83. The molecular weight excluding hydrogens is 204 g/mol. The maximum atomic E-state index is 12.3. The molecule has 4 heteroatoms. The van der Waals surface area contributed by atoms with E-state index in [9.17, 15) is 9.90 Å². The van der Waals surface area contributed by atoms with Crippen molar-refractivity contribution in [1.29, 1.82) is 0 Å². The van der Waals surface area contributed by atoms with Crippen molar-refractivity contribution >= 4 is 5.91 Å². The van der Waals surface area contributed by atoms with Crippen molar-refractivity contribution in [3.05, 3.63) is 0 Å². The molecule has 94 valence electrons. The zero-order valence-electron chi connectivity index (χ0n) is 10.8. The quantitative estimate of drug-likeness (QED) is 0.732. The van der Waals surface area contributed by atoms with Gasteiger partial charge in [-0.1, -0.05) is 0 Å². The number of carbonyl (C=O) groups excluding carboxylic acids is 1. The minimum atomic E-state index is -0.574. The van der Waals surface area contributed by atoms with Crippen LogP contribution in [0.5, 0.6) is 0 Å². The van der Waals surface area contributed by atoms with E-state index in [2.05, 4.69) is 0 Å². The van der Waals surface area contributed by atoms with E-state index in [1.807, 2.05) is 32.6 Å². The Morgan fingerprint density at radius 3 is 2.06 bits per heavy atom. The number of aliphatic hydroxyl groups is 1. The van der Waals surface area contributed by atoms with E-state index in [1.165, 1.54) is 0 Å². The number of rotatable bonds is 2. The molecule has 1 aliphatic heterocycles. The average Bonchev–Trinajstić information content (AvgIpc) is 2.16. The summed E-state index contributed by atoms with van der Waals surface area (Å²) < 4.78 is 0. The number of hydrogen-bond donors (Lipinski definition) is 2. The van der Waals surface area contributed by atoms with Gasteiger partial charge in [-0.15, -0.1) is 0 Å². The van der Waals surface area contributed by atoms with Crippen LogP contribution in [0.4, 0.5) is 0 Å². The van der Waals surface area contributed by atoms with E-state index in [0.717, 1.165) is 0 Å². The van der Waals surface area contributed by atoms with Crippen LogP contribution in [-0.2, 0) is 4.79 Å². The lowest BCUT2D eigenvalue weighted by molar-refractivity contribution is -0.145. The second-order valence-corrected chi connectivity index (χ2v) is 5.87. The molecule has 0 saturated carbocycles. The predicted octanol–water partition coefficient (Wildman–Crippen LogP) is 0.733. The van der Waals surface area contributed by atoms with Crippen LogP contribution >= 0.6 is 0 Å². The van der Waals surface area contributed by atoms with Gasteiger partial charge in [0.05, 0.1) is 11.5 Å². The Balaban J connectivity index is 2.71. The van der Waals surface area contributed by atoms with Gasteiger partial charge in [-0.2, -0.15) is 0 Å². The summed E-state index contributed by atoms with van der Waals surface area (Å²) >= 11 is 0. The van der Waals surface area contributed by atoms with Crippen LogP contribution in [0, 0.1) is 5.41 Å². The zero-order chi connectivity index (χ0) is 12.6. The maximum Gasteiger partial charge on any atom is 0.230 e. The fraction of sp³-hybridized carbons (Fsp3) is 0.917. The molecule has 1 rings (SSSR count). The van der Waals surface area contributed by atoms with Crippen molar-refractivity contribution in [2.24, 2.45) is 11.1 Å². The van der Waals surface area contributed by atoms with Crippen molar-refractivity contribution in [3.8, 4) is 0 Å². The second-order valence-electron chi connectivity index (χ2n) is 5.87. The van der Waals surface area contributed by atoms with Crippen molar-refractivity contribution < 1.29 is 9.90 Å². The molecule has 0 unspecified atom stereocenters. The van der Waals surface area contributed by atoms with Crippen molar-refractivity contribution in [2.45, 2.75) is 52.2 Å². The number of nitrogens with two attached hydrogens (primary N) is 1. The first kappa shape index (κ1) is 13.5. The standard InChI is InChI=1S/C12H24N2O2/c1-11(2,12(3,4)13)10(16)14-7-5-9(15)6-8-14/h9,15H,5-8,13H2,1-4H3. The summed E-state index contributed by atoms with van der Waals surface area (Å²) in [4.78, 5) is 14.2. The van der Waals surface area contributed by atoms with Crippen LogP contribution in [-0.4, -0.2) is 40.6 Å². The molecule has 1 amide bonds. The molecule has 16 heavy (non-hydrogen) atoms. The molecule has 0 aliphatic carbocycles. The first-order chi connectivity index (χ1) is 7.16. The van der Waals surface area contributed by atoms with Crippen LogP contribution in [0.1, 0.15) is 40.5 Å². The van der Waals surface area contributed by atoms with Crippen LogP contribution in [0.3, 0.4) is 0 Å². The molecule has 4 nitrogen and oxygen atoms in total. The summed E-state index contributed by atoms with van der Waals surface area (Å²) in [6, 6.07) is 0. The summed E-state index contributed by atoms with van der Waals surface area (Å²) in [7, 11) is 0. The van der Waals surface area contributed by atoms with E-state index < -0.39 is 11.0 Å². The number of aliphatic hydroxyl groups excluding tert-OH is 1. The molecule has 0 radical (unpaired) electrons. The first-order valence-corrected chi connectivity index (χ1v) is 5.92. The Morgan fingerprint density at radius 1 is 1.25 bits per heavy atom. The largest absolute Gasteiger partial charge is 0.393 e. The monoisotopic (exact) mass is 228 g/mol. The van der Waals surface area contributed by atoms with E-state index in [1.54, 1.807) is 0 Å². The van der Waals surface area contributed by atoms with Crippen LogP contribution in [0.15, 0.2) is 0 Å². The van der Waals surface area contributed by atoms with E-state index in [-0.39, 0.29) is 12.0 Å². The average molecular weight is 228 g/mol. The van der Waals surface area contributed by atoms with Gasteiger partial charge in [-0.25, -0.2) is 0 Å². The number of nitrogens with zero attached hydrogens (tertiary/aromatic N) is 1. The third kappa shape index (κ3) is 2.55. The Bertz CT molecular complexity index is 261. The lowest BCUT2D eigenvalue weighted by Gasteiger charge is -2.42. The molecule has 0 atom stereocenters. The predicted molar refractivity (Wildman–Crippen MR) is 63.9 cm³/mol. The van der Waals surface area contributed by atoms with Crippen LogP contribution in [0.25, 0.3) is 0 Å². The van der Waals surface area contributed by atoms with Gasteiger partial charge >= 0.3 is 0 Å². The van der Waals surface area contributed by atoms with E-state index in [0.29, 0.717) is 25.9 Å². The molecule has 0 aromatic rings. The van der Waals surface area contributed by atoms with Gasteiger partial charge in [0.2, 0.25) is 5.91 Å². The third-order valence-electron chi connectivity index (χ3n) is 3.90. The number of hydrogen-bond acceptors (Lipinski definition) is 3. The summed E-state index contributed by atoms with van der Waals surface area (Å²) in [5.74, 6) is 0.0897. The molecular formula is C12H24N2O2. The molecule has 0 spiro atoms. The van der Waals surface area contributed by atoms with Gasteiger partial charge in [0.1, 0.15) is 0 Å². The first-order valence-electron chi connectivity index (χ1n) is 5.92. The number of likely N-dealkylation sites (tertiary alicyclic amines) is 1. The Kier molecular flexibility index (Phi) is 3.65. The lowest BCUT2D eigenvalue weighted by Crippen LogP contribution is -2.57. The molecule has 3 N–H and O–H groups in total. The van der Waals surface area contributed by atoms with Gasteiger partial charge in [0.25, 0.3) is 0 Å². The molecule has 1 heterocycles. The Hall–Kier alpha value is -0.610. The lowest BCUT2D eigenvalue weighted by atomic mass is 9.74. The summed E-state index contributed by atoms with van der Waals surface area (Å²) in [5, 5.41) is 9.41. The minimum absolute atomic E-state index is 0.0897. The number of piperidine rings is 1. The molecule has 0 aromatic carbocycles. The number of carbonyl (C=O) groups is 1. The fourth-order valence-corrected chi connectivity index (χ4v) is 1.74. The van der Waals surface area contributed by atoms with Gasteiger partial charge in [-0.05, 0) is 40.5 Å². The SMILES string of the molecule is CC(C)(N)C(C)(C)C(=O)N1CCC(O)CC1. The highest BCUT2D eigenvalue weighted by atomic mass is 16.3. The summed E-state index contributed by atoms with van der Waals surface area (Å²) in [6.45, 7) is 8.81. The Morgan fingerprint density at radius 2 is 1.69 bits per heavy atom. The summed E-state index contributed by atoms with van der Waals surface area (Å²) in [6.07, 6.45) is 1.10. The molecule has 1 aliphatic rings. The molecule has 1 saturated heterocycles. The van der Waals surface area contributed by atoms with Crippen molar-refractivity contribution in [3.63, 3.8) is 0 Å². The normalized spacial score (nSPS) is 20.0. The van der Waals surface area contributed by atoms with E-state index in [4.69, 9.17) is 5.73 Å². The topological polar surface area (TPSA) is 66.6 Å². The fourth-order valence-electron chi connectivity index (χ4n) is 1.74. The maximum absolute atomic E-state index is 12.3. The molecule has 0 bridgehead atoms. The minimum Gasteiger partial charge on any atom is -0.393 e. The van der Waals surface area contributed by atoms with Gasteiger partial charge in [0.15, 0.2) is 0 Å². The Labute approximate surface area is 97.8 Å². The zero-order valence-corrected chi connectivity index (χ0v) is 10.8. The van der Waals surface area contributed by atoms with E-state index >= 15 is 0 Å². The summed E-state index contributed by atoms with van der Waals surface area (Å²) in [5.41, 5.74) is 4.94.